The van der Waals surface area contributed by atoms with Crippen molar-refractivity contribution in [1.29, 1.82) is 0 Å². The molecule has 1 aliphatic rings. The molecule has 2 heterocycles. The summed E-state index contributed by atoms with van der Waals surface area (Å²) in [6.07, 6.45) is 2.68. The molecular formula is C11H17N3O3. The van der Waals surface area contributed by atoms with Crippen molar-refractivity contribution in [2.75, 3.05) is 18.5 Å². The van der Waals surface area contributed by atoms with E-state index in [2.05, 4.69) is 10.4 Å². The van der Waals surface area contributed by atoms with Crippen molar-refractivity contribution in [2.24, 2.45) is 0 Å². The van der Waals surface area contributed by atoms with Gasteiger partial charge in [0.05, 0.1) is 25.4 Å². The second kappa shape index (κ2) is 4.85. The number of epoxide rings is 1. The van der Waals surface area contributed by atoms with E-state index in [9.17, 15) is 4.79 Å². The number of hydrogen-bond acceptors (Lipinski definition) is 4. The molecule has 1 saturated heterocycles. The van der Waals surface area contributed by atoms with E-state index in [-0.39, 0.29) is 11.7 Å². The van der Waals surface area contributed by atoms with Crippen LogP contribution in [0.2, 0.25) is 0 Å². The van der Waals surface area contributed by atoms with Gasteiger partial charge in [-0.3, -0.25) is 9.48 Å². The Morgan fingerprint density at radius 2 is 2.53 bits per heavy atom. The fourth-order valence-electron chi connectivity index (χ4n) is 1.51. The van der Waals surface area contributed by atoms with E-state index in [1.165, 1.54) is 0 Å². The molecule has 1 aromatic rings. The largest absolute Gasteiger partial charge is 0.371 e. The van der Waals surface area contributed by atoms with Gasteiger partial charge in [-0.25, -0.2) is 0 Å². The van der Waals surface area contributed by atoms with Crippen molar-refractivity contribution < 1.29 is 14.3 Å². The molecule has 17 heavy (non-hydrogen) atoms. The van der Waals surface area contributed by atoms with Gasteiger partial charge in [0, 0.05) is 12.3 Å². The zero-order chi connectivity index (χ0) is 12.3. The lowest BCUT2D eigenvalue weighted by Gasteiger charge is -2.24. The van der Waals surface area contributed by atoms with Crippen LogP contribution in [0.4, 0.5) is 5.82 Å². The lowest BCUT2D eigenvalue weighted by atomic mass is 10.1. The summed E-state index contributed by atoms with van der Waals surface area (Å²) in [4.78, 5) is 10.3. The number of aromatic nitrogens is 2. The molecule has 0 aromatic carbocycles. The van der Waals surface area contributed by atoms with E-state index in [0.29, 0.717) is 25.4 Å². The van der Waals surface area contributed by atoms with Crippen LogP contribution >= 0.6 is 0 Å². The van der Waals surface area contributed by atoms with Crippen molar-refractivity contribution >= 4 is 12.2 Å². The fourth-order valence-corrected chi connectivity index (χ4v) is 1.51. The molecule has 1 fully saturated rings. The molecule has 0 spiro atoms. The Morgan fingerprint density at radius 1 is 1.76 bits per heavy atom. The summed E-state index contributed by atoms with van der Waals surface area (Å²) in [6, 6.07) is 1.74. The molecule has 0 radical (unpaired) electrons. The number of anilines is 1. The Morgan fingerprint density at radius 3 is 3.18 bits per heavy atom. The molecule has 1 atom stereocenters. The zero-order valence-electron chi connectivity index (χ0n) is 10.0. The number of carbonyl (C=O) groups is 1. The standard InChI is InChI=1S/C11H17N3O3/c1-11(2,17-6-9-5-16-9)7-14-4-3-10(13-14)12-8-15/h3-4,8-9H,5-7H2,1-2H3,(H,12,13,15). The van der Waals surface area contributed by atoms with Gasteiger partial charge in [-0.2, -0.15) is 5.10 Å². The molecule has 1 aromatic heterocycles. The van der Waals surface area contributed by atoms with Gasteiger partial charge in [-0.05, 0) is 13.8 Å². The third kappa shape index (κ3) is 3.83. The Bertz CT molecular complexity index is 385. The number of nitrogens with one attached hydrogen (secondary N) is 1. The third-order valence-corrected chi connectivity index (χ3v) is 2.45. The highest BCUT2D eigenvalue weighted by Crippen LogP contribution is 2.17. The van der Waals surface area contributed by atoms with Gasteiger partial charge in [0.1, 0.15) is 6.10 Å². The van der Waals surface area contributed by atoms with Crippen molar-refractivity contribution in [3.05, 3.63) is 12.3 Å². The van der Waals surface area contributed by atoms with Crippen molar-refractivity contribution in [2.45, 2.75) is 32.1 Å². The molecule has 6 nitrogen and oxygen atoms in total. The maximum atomic E-state index is 10.3. The first-order valence-corrected chi connectivity index (χ1v) is 5.58. The SMILES string of the molecule is CC(C)(Cn1ccc(NC=O)n1)OCC1CO1. The van der Waals surface area contributed by atoms with E-state index in [1.807, 2.05) is 20.0 Å². The first-order chi connectivity index (χ1) is 8.09. The van der Waals surface area contributed by atoms with Gasteiger partial charge in [0.25, 0.3) is 0 Å². The molecule has 6 heteroatoms. The Labute approximate surface area is 99.9 Å². The minimum Gasteiger partial charge on any atom is -0.371 e. The van der Waals surface area contributed by atoms with Crippen LogP contribution in [0.25, 0.3) is 0 Å². The summed E-state index contributed by atoms with van der Waals surface area (Å²) < 4.78 is 12.6. The normalized spacial score (nSPS) is 19.1. The summed E-state index contributed by atoms with van der Waals surface area (Å²) in [5, 5.41) is 6.69. The molecule has 0 saturated carbocycles. The lowest BCUT2D eigenvalue weighted by Crippen LogP contribution is -2.32. The van der Waals surface area contributed by atoms with Crippen LogP contribution in [-0.4, -0.2) is 41.1 Å². The summed E-state index contributed by atoms with van der Waals surface area (Å²) in [7, 11) is 0. The first kappa shape index (κ1) is 12.1. The van der Waals surface area contributed by atoms with Crippen molar-refractivity contribution in [3.8, 4) is 0 Å². The molecule has 2 rings (SSSR count). The zero-order valence-corrected chi connectivity index (χ0v) is 10.0. The van der Waals surface area contributed by atoms with Crippen LogP contribution in [0, 0.1) is 0 Å². The minimum atomic E-state index is -0.309. The summed E-state index contributed by atoms with van der Waals surface area (Å²) in [6.45, 7) is 6.05. The van der Waals surface area contributed by atoms with Crippen LogP contribution in [0.1, 0.15) is 13.8 Å². The molecule has 1 unspecified atom stereocenters. The van der Waals surface area contributed by atoms with Crippen LogP contribution in [0.5, 0.6) is 0 Å². The van der Waals surface area contributed by atoms with Gasteiger partial charge in [0.2, 0.25) is 6.41 Å². The van der Waals surface area contributed by atoms with Crippen LogP contribution in [0.3, 0.4) is 0 Å². The Balaban J connectivity index is 1.85. The lowest BCUT2D eigenvalue weighted by molar-refractivity contribution is -0.105. The number of hydrogen-bond donors (Lipinski definition) is 1. The molecule has 1 aliphatic heterocycles. The quantitative estimate of drug-likeness (QED) is 0.560. The van der Waals surface area contributed by atoms with E-state index in [4.69, 9.17) is 9.47 Å². The van der Waals surface area contributed by atoms with E-state index in [1.54, 1.807) is 10.7 Å². The maximum Gasteiger partial charge on any atom is 0.212 e. The predicted octanol–water partition coefficient (Wildman–Crippen LogP) is 0.645. The molecule has 94 valence electrons. The number of carbonyl (C=O) groups excluding carboxylic acids is 1. The average molecular weight is 239 g/mol. The van der Waals surface area contributed by atoms with Crippen LogP contribution in [0.15, 0.2) is 12.3 Å². The van der Waals surface area contributed by atoms with E-state index in [0.717, 1.165) is 6.61 Å². The minimum absolute atomic E-state index is 0.263. The highest BCUT2D eigenvalue weighted by molar-refractivity contribution is 5.68. The average Bonchev–Trinajstić information content (AvgIpc) is 2.99. The van der Waals surface area contributed by atoms with Gasteiger partial charge < -0.3 is 14.8 Å². The van der Waals surface area contributed by atoms with E-state index < -0.39 is 0 Å². The Hall–Kier alpha value is -1.40. The predicted molar refractivity (Wildman–Crippen MR) is 61.7 cm³/mol. The number of ether oxygens (including phenoxy) is 2. The second-order valence-corrected chi connectivity index (χ2v) is 4.69. The summed E-state index contributed by atoms with van der Waals surface area (Å²) in [5.41, 5.74) is -0.309. The van der Waals surface area contributed by atoms with Crippen molar-refractivity contribution in [1.82, 2.24) is 9.78 Å². The van der Waals surface area contributed by atoms with Crippen LogP contribution in [-0.2, 0) is 20.8 Å². The third-order valence-electron chi connectivity index (χ3n) is 2.45. The number of rotatable bonds is 7. The number of nitrogens with zero attached hydrogens (tertiary/aromatic N) is 2. The first-order valence-electron chi connectivity index (χ1n) is 5.58. The molecule has 1 N–H and O–H groups in total. The summed E-state index contributed by atoms with van der Waals surface area (Å²) in [5.74, 6) is 0.543. The monoisotopic (exact) mass is 239 g/mol. The smallest absolute Gasteiger partial charge is 0.212 e. The molecule has 1 amide bonds. The van der Waals surface area contributed by atoms with E-state index >= 15 is 0 Å². The Kier molecular flexibility index (Phi) is 3.44. The highest BCUT2D eigenvalue weighted by atomic mass is 16.6. The second-order valence-electron chi connectivity index (χ2n) is 4.69. The topological polar surface area (TPSA) is 68.7 Å². The highest BCUT2D eigenvalue weighted by Gasteiger charge is 2.27. The van der Waals surface area contributed by atoms with Gasteiger partial charge in [0.15, 0.2) is 5.82 Å². The van der Waals surface area contributed by atoms with Crippen molar-refractivity contribution in [3.63, 3.8) is 0 Å². The summed E-state index contributed by atoms with van der Waals surface area (Å²) >= 11 is 0. The fraction of sp³-hybridized carbons (Fsp3) is 0.636. The van der Waals surface area contributed by atoms with Gasteiger partial charge in [-0.1, -0.05) is 0 Å². The molecule has 0 bridgehead atoms. The van der Waals surface area contributed by atoms with Crippen LogP contribution < -0.4 is 5.32 Å². The molecule has 0 aliphatic carbocycles. The maximum absolute atomic E-state index is 10.3. The van der Waals surface area contributed by atoms with Gasteiger partial charge in [-0.15, -0.1) is 0 Å². The molecular weight excluding hydrogens is 222 g/mol. The number of amides is 1. The van der Waals surface area contributed by atoms with Gasteiger partial charge >= 0.3 is 0 Å².